The fraction of sp³-hybridized carbons (Fsp3) is 0.600. The lowest BCUT2D eigenvalue weighted by atomic mass is 10.1. The number of ether oxygens (including phenoxy) is 2. The highest BCUT2D eigenvalue weighted by atomic mass is 16.5. The Labute approximate surface area is 167 Å². The van der Waals surface area contributed by atoms with Crippen LogP contribution in [0.25, 0.3) is 0 Å². The highest BCUT2D eigenvalue weighted by Crippen LogP contribution is 2.18. The number of likely N-dealkylation sites (tertiary alicyclic amines) is 1. The Morgan fingerprint density at radius 1 is 1.29 bits per heavy atom. The van der Waals surface area contributed by atoms with Gasteiger partial charge in [0.2, 0.25) is 5.91 Å². The van der Waals surface area contributed by atoms with Crippen LogP contribution in [0.2, 0.25) is 0 Å². The summed E-state index contributed by atoms with van der Waals surface area (Å²) < 4.78 is 11.1. The van der Waals surface area contributed by atoms with Crippen LogP contribution in [-0.4, -0.2) is 68.7 Å². The molecule has 1 aliphatic heterocycles. The molecule has 0 aliphatic carbocycles. The average Bonchev–Trinajstić information content (AvgIpc) is 2.68. The number of guanidine groups is 1. The number of carbonyl (C=O) groups excluding carboxylic acids is 1. The summed E-state index contributed by atoms with van der Waals surface area (Å²) in [6.45, 7) is 7.43. The molecular formula is C20H33N5O3. The number of piperidine rings is 1. The molecule has 0 spiro atoms. The van der Waals surface area contributed by atoms with Crippen molar-refractivity contribution in [2.75, 3.05) is 39.8 Å². The van der Waals surface area contributed by atoms with Gasteiger partial charge in [0, 0.05) is 25.7 Å². The van der Waals surface area contributed by atoms with Gasteiger partial charge in [-0.25, -0.2) is 4.99 Å². The average molecular weight is 392 g/mol. The molecule has 1 aromatic rings. The van der Waals surface area contributed by atoms with Crippen molar-refractivity contribution in [2.45, 2.75) is 38.8 Å². The SMILES string of the molecule is CCNC(=NCC(C)Oc1ccc(OC)cc1)NC1CCN(CC(N)=O)CC1. The molecule has 8 heteroatoms. The standard InChI is InChI=1S/C20H33N5O3/c1-4-22-20(24-16-9-11-25(12-10-16)14-19(21)26)23-13-15(2)28-18-7-5-17(27-3)6-8-18/h5-8,15-16H,4,9-14H2,1-3H3,(H2,21,26)(H2,22,23,24). The molecule has 1 unspecified atom stereocenters. The quantitative estimate of drug-likeness (QED) is 0.428. The van der Waals surface area contributed by atoms with E-state index < -0.39 is 0 Å². The number of hydrogen-bond donors (Lipinski definition) is 3. The number of rotatable bonds is 9. The van der Waals surface area contributed by atoms with E-state index in [1.807, 2.05) is 38.1 Å². The summed E-state index contributed by atoms with van der Waals surface area (Å²) in [5.41, 5.74) is 5.27. The highest BCUT2D eigenvalue weighted by molar-refractivity contribution is 5.80. The van der Waals surface area contributed by atoms with Gasteiger partial charge in [0.1, 0.15) is 17.6 Å². The predicted molar refractivity (Wildman–Crippen MR) is 111 cm³/mol. The fourth-order valence-corrected chi connectivity index (χ4v) is 3.11. The molecule has 8 nitrogen and oxygen atoms in total. The predicted octanol–water partition coefficient (Wildman–Crippen LogP) is 0.967. The number of hydrogen-bond acceptors (Lipinski definition) is 5. The van der Waals surface area contributed by atoms with Crippen LogP contribution in [0.15, 0.2) is 29.3 Å². The lowest BCUT2D eigenvalue weighted by molar-refractivity contribution is -0.119. The zero-order valence-electron chi connectivity index (χ0n) is 17.1. The van der Waals surface area contributed by atoms with Crippen molar-refractivity contribution in [3.05, 3.63) is 24.3 Å². The van der Waals surface area contributed by atoms with Gasteiger partial charge in [0.25, 0.3) is 0 Å². The third-order valence-corrected chi connectivity index (χ3v) is 4.56. The van der Waals surface area contributed by atoms with E-state index in [1.165, 1.54) is 0 Å². The zero-order valence-corrected chi connectivity index (χ0v) is 17.1. The van der Waals surface area contributed by atoms with E-state index in [1.54, 1.807) is 7.11 Å². The van der Waals surface area contributed by atoms with Crippen LogP contribution in [0.1, 0.15) is 26.7 Å². The molecule has 1 aliphatic rings. The molecule has 4 N–H and O–H groups in total. The van der Waals surface area contributed by atoms with Crippen molar-refractivity contribution in [1.82, 2.24) is 15.5 Å². The number of methoxy groups -OCH3 is 1. The molecule has 1 amide bonds. The Balaban J connectivity index is 1.81. The molecular weight excluding hydrogens is 358 g/mol. The van der Waals surface area contributed by atoms with Gasteiger partial charge in [0.05, 0.1) is 20.2 Å². The minimum Gasteiger partial charge on any atom is -0.497 e. The molecule has 0 saturated carbocycles. The Bertz CT molecular complexity index is 627. The Morgan fingerprint density at radius 3 is 2.50 bits per heavy atom. The Kier molecular flexibility index (Phi) is 8.87. The second kappa shape index (κ2) is 11.4. The van der Waals surface area contributed by atoms with Gasteiger partial charge < -0.3 is 25.8 Å². The number of nitrogens with two attached hydrogens (primary N) is 1. The fourth-order valence-electron chi connectivity index (χ4n) is 3.11. The van der Waals surface area contributed by atoms with Crippen LogP contribution >= 0.6 is 0 Å². The molecule has 28 heavy (non-hydrogen) atoms. The number of nitrogens with zero attached hydrogens (tertiary/aromatic N) is 2. The van der Waals surface area contributed by atoms with Gasteiger partial charge in [-0.3, -0.25) is 9.69 Å². The third-order valence-electron chi connectivity index (χ3n) is 4.56. The van der Waals surface area contributed by atoms with E-state index in [2.05, 4.69) is 20.5 Å². The van der Waals surface area contributed by atoms with Crippen molar-refractivity contribution in [1.29, 1.82) is 0 Å². The maximum Gasteiger partial charge on any atom is 0.231 e. The Hall–Kier alpha value is -2.48. The number of amides is 1. The second-order valence-electron chi connectivity index (χ2n) is 6.98. The van der Waals surface area contributed by atoms with Crippen molar-refractivity contribution in [2.24, 2.45) is 10.7 Å². The number of nitrogens with one attached hydrogen (secondary N) is 2. The maximum absolute atomic E-state index is 11.0. The molecule has 0 bridgehead atoms. The first kappa shape index (κ1) is 21.8. The van der Waals surface area contributed by atoms with Crippen molar-refractivity contribution < 1.29 is 14.3 Å². The normalized spacial score (nSPS) is 17.0. The minimum atomic E-state index is -0.271. The minimum absolute atomic E-state index is 0.0544. The molecule has 2 rings (SSSR count). The van der Waals surface area contributed by atoms with E-state index in [0.29, 0.717) is 19.1 Å². The van der Waals surface area contributed by atoms with Gasteiger partial charge in [-0.2, -0.15) is 0 Å². The maximum atomic E-state index is 11.0. The second-order valence-corrected chi connectivity index (χ2v) is 6.98. The van der Waals surface area contributed by atoms with Crippen molar-refractivity contribution in [3.8, 4) is 11.5 Å². The van der Waals surface area contributed by atoms with Crippen molar-refractivity contribution >= 4 is 11.9 Å². The molecule has 1 saturated heterocycles. The molecule has 0 radical (unpaired) electrons. The molecule has 1 fully saturated rings. The van der Waals surface area contributed by atoms with Crippen LogP contribution in [0, 0.1) is 0 Å². The molecule has 1 atom stereocenters. The first-order valence-corrected chi connectivity index (χ1v) is 9.86. The summed E-state index contributed by atoms with van der Waals surface area (Å²) in [6, 6.07) is 7.87. The number of benzene rings is 1. The van der Waals surface area contributed by atoms with Crippen LogP contribution in [0.3, 0.4) is 0 Å². The van der Waals surface area contributed by atoms with Crippen LogP contribution < -0.4 is 25.8 Å². The van der Waals surface area contributed by atoms with Crippen LogP contribution in [0.5, 0.6) is 11.5 Å². The monoisotopic (exact) mass is 391 g/mol. The first-order chi connectivity index (χ1) is 13.5. The van der Waals surface area contributed by atoms with E-state index in [9.17, 15) is 4.79 Å². The number of aliphatic imine (C=N–C) groups is 1. The summed E-state index contributed by atoms with van der Waals surface area (Å²) in [5.74, 6) is 2.12. The van der Waals surface area contributed by atoms with Crippen LogP contribution in [0.4, 0.5) is 0 Å². The lowest BCUT2D eigenvalue weighted by Gasteiger charge is -2.32. The molecule has 1 aromatic carbocycles. The van der Waals surface area contributed by atoms with Gasteiger partial charge >= 0.3 is 0 Å². The zero-order chi connectivity index (χ0) is 20.4. The van der Waals surface area contributed by atoms with E-state index in [-0.39, 0.29) is 12.0 Å². The summed E-state index contributed by atoms with van der Waals surface area (Å²) in [4.78, 5) is 17.8. The van der Waals surface area contributed by atoms with E-state index >= 15 is 0 Å². The van der Waals surface area contributed by atoms with E-state index in [0.717, 1.165) is 49.9 Å². The molecule has 156 valence electrons. The smallest absolute Gasteiger partial charge is 0.231 e. The number of primary amides is 1. The van der Waals surface area contributed by atoms with Gasteiger partial charge in [-0.15, -0.1) is 0 Å². The summed E-state index contributed by atoms with van der Waals surface area (Å²) in [5, 5.41) is 6.78. The third kappa shape index (κ3) is 7.64. The first-order valence-electron chi connectivity index (χ1n) is 9.86. The highest BCUT2D eigenvalue weighted by Gasteiger charge is 2.20. The van der Waals surface area contributed by atoms with E-state index in [4.69, 9.17) is 15.2 Å². The number of carbonyl (C=O) groups is 1. The van der Waals surface area contributed by atoms with Gasteiger partial charge in [-0.05, 0) is 51.0 Å². The summed E-state index contributed by atoms with van der Waals surface area (Å²) in [7, 11) is 1.64. The van der Waals surface area contributed by atoms with Gasteiger partial charge in [-0.1, -0.05) is 0 Å². The summed E-state index contributed by atoms with van der Waals surface area (Å²) >= 11 is 0. The van der Waals surface area contributed by atoms with Gasteiger partial charge in [0.15, 0.2) is 5.96 Å². The Morgan fingerprint density at radius 2 is 1.93 bits per heavy atom. The van der Waals surface area contributed by atoms with Crippen molar-refractivity contribution in [3.63, 3.8) is 0 Å². The topological polar surface area (TPSA) is 101 Å². The molecule has 0 aromatic heterocycles. The molecule has 1 heterocycles. The lowest BCUT2D eigenvalue weighted by Crippen LogP contribution is -2.50. The summed E-state index contributed by atoms with van der Waals surface area (Å²) in [6.07, 6.45) is 1.85. The van der Waals surface area contributed by atoms with Crippen LogP contribution in [-0.2, 0) is 4.79 Å². The largest absolute Gasteiger partial charge is 0.497 e.